The van der Waals surface area contributed by atoms with Crippen LogP contribution in [0.25, 0.3) is 0 Å². The molecule has 0 saturated carbocycles. The van der Waals surface area contributed by atoms with Crippen molar-refractivity contribution in [3.63, 3.8) is 0 Å². The molecule has 0 bridgehead atoms. The highest BCUT2D eigenvalue weighted by molar-refractivity contribution is 9.10. The van der Waals surface area contributed by atoms with Crippen molar-refractivity contribution < 1.29 is 4.39 Å². The smallest absolute Gasteiger partial charge is 0.123 e. The summed E-state index contributed by atoms with van der Waals surface area (Å²) < 4.78 is 14.5. The Kier molecular flexibility index (Phi) is 6.07. The first-order valence-corrected chi connectivity index (χ1v) is 8.22. The van der Waals surface area contributed by atoms with Crippen molar-refractivity contribution in [1.29, 1.82) is 0 Å². The minimum atomic E-state index is -0.182. The van der Waals surface area contributed by atoms with E-state index in [1.165, 1.54) is 6.07 Å². The third kappa shape index (κ3) is 4.62. The lowest BCUT2D eigenvalue weighted by Crippen LogP contribution is -2.14. The molecule has 0 radical (unpaired) electrons. The van der Waals surface area contributed by atoms with Crippen molar-refractivity contribution in [2.75, 3.05) is 6.54 Å². The van der Waals surface area contributed by atoms with Gasteiger partial charge in [-0.3, -0.25) is 0 Å². The third-order valence-corrected chi connectivity index (χ3v) is 4.46. The van der Waals surface area contributed by atoms with Gasteiger partial charge >= 0.3 is 0 Å². The van der Waals surface area contributed by atoms with Crippen LogP contribution in [0.4, 0.5) is 4.39 Å². The Morgan fingerprint density at radius 2 is 1.90 bits per heavy atom. The number of hydrogen-bond donors (Lipinski definition) is 1. The van der Waals surface area contributed by atoms with E-state index in [0.29, 0.717) is 6.54 Å². The van der Waals surface area contributed by atoms with Crippen molar-refractivity contribution >= 4 is 27.7 Å². The summed E-state index contributed by atoms with van der Waals surface area (Å²) in [6, 6.07) is 13.1. The van der Waals surface area contributed by atoms with Crippen molar-refractivity contribution in [3.8, 4) is 0 Å². The van der Waals surface area contributed by atoms with Gasteiger partial charge in [0.1, 0.15) is 5.82 Å². The zero-order valence-electron chi connectivity index (χ0n) is 11.3. The topological polar surface area (TPSA) is 12.0 Å². The summed E-state index contributed by atoms with van der Waals surface area (Å²) in [5.74, 6) is -0.182. The molecule has 106 valence electrons. The molecule has 0 saturated heterocycles. The Labute approximate surface area is 132 Å². The molecular weight excluding hydrogens is 337 g/mol. The average Bonchev–Trinajstić information content (AvgIpc) is 2.44. The van der Waals surface area contributed by atoms with Gasteiger partial charge in [0.15, 0.2) is 0 Å². The molecule has 0 unspecified atom stereocenters. The summed E-state index contributed by atoms with van der Waals surface area (Å²) in [6.45, 7) is 3.76. The minimum absolute atomic E-state index is 0.182. The Bertz CT molecular complexity index is 557. The number of rotatable bonds is 6. The molecule has 0 fully saturated rings. The first-order valence-electron chi connectivity index (χ1n) is 6.61. The lowest BCUT2D eigenvalue weighted by molar-refractivity contribution is 0.615. The van der Waals surface area contributed by atoms with Crippen LogP contribution in [-0.2, 0) is 6.54 Å². The fourth-order valence-electron chi connectivity index (χ4n) is 1.82. The predicted molar refractivity (Wildman–Crippen MR) is 86.7 cm³/mol. The van der Waals surface area contributed by atoms with Gasteiger partial charge in [-0.05, 0) is 61.0 Å². The minimum Gasteiger partial charge on any atom is -0.313 e. The molecule has 0 aromatic heterocycles. The number of hydrogen-bond acceptors (Lipinski definition) is 2. The average molecular weight is 354 g/mol. The summed E-state index contributed by atoms with van der Waals surface area (Å²) in [6.07, 6.45) is 1.07. The van der Waals surface area contributed by atoms with Gasteiger partial charge < -0.3 is 5.32 Å². The van der Waals surface area contributed by atoms with Crippen LogP contribution in [0, 0.1) is 5.82 Å². The van der Waals surface area contributed by atoms with Gasteiger partial charge in [-0.15, -0.1) is 0 Å². The molecule has 20 heavy (non-hydrogen) atoms. The number of halogens is 2. The third-order valence-electron chi connectivity index (χ3n) is 2.81. The molecule has 1 nitrogen and oxygen atoms in total. The molecule has 0 heterocycles. The van der Waals surface area contributed by atoms with Gasteiger partial charge in [0.2, 0.25) is 0 Å². The summed E-state index contributed by atoms with van der Waals surface area (Å²) >= 11 is 5.09. The molecule has 0 aliphatic rings. The molecule has 2 aromatic carbocycles. The molecule has 0 aliphatic carbocycles. The standard InChI is InChI=1S/C16H17BrFNS/c1-2-9-19-11-12-10-14(18)5-8-16(12)20-15-6-3-13(17)4-7-15/h3-8,10,19H,2,9,11H2,1H3. The van der Waals surface area contributed by atoms with Crippen molar-refractivity contribution in [2.24, 2.45) is 0 Å². The second-order valence-electron chi connectivity index (χ2n) is 4.48. The molecule has 0 aliphatic heterocycles. The van der Waals surface area contributed by atoms with Crippen molar-refractivity contribution in [1.82, 2.24) is 5.32 Å². The first kappa shape index (κ1) is 15.5. The molecule has 1 N–H and O–H groups in total. The molecule has 4 heteroatoms. The van der Waals surface area contributed by atoms with Gasteiger partial charge in [0.25, 0.3) is 0 Å². The fourth-order valence-corrected chi connectivity index (χ4v) is 3.00. The van der Waals surface area contributed by atoms with E-state index < -0.39 is 0 Å². The number of benzene rings is 2. The van der Waals surface area contributed by atoms with Crippen LogP contribution in [0.3, 0.4) is 0 Å². The van der Waals surface area contributed by atoms with E-state index in [4.69, 9.17) is 0 Å². The van der Waals surface area contributed by atoms with E-state index in [1.54, 1.807) is 17.8 Å². The van der Waals surface area contributed by atoms with Crippen LogP contribution in [0.1, 0.15) is 18.9 Å². The van der Waals surface area contributed by atoms with E-state index in [-0.39, 0.29) is 5.82 Å². The molecule has 2 aromatic rings. The summed E-state index contributed by atoms with van der Waals surface area (Å²) in [5, 5.41) is 3.33. The van der Waals surface area contributed by atoms with E-state index in [1.807, 2.05) is 18.2 Å². The normalized spacial score (nSPS) is 10.8. The van der Waals surface area contributed by atoms with Crippen molar-refractivity contribution in [3.05, 3.63) is 58.3 Å². The largest absolute Gasteiger partial charge is 0.313 e. The maximum atomic E-state index is 13.4. The highest BCUT2D eigenvalue weighted by Gasteiger charge is 2.06. The number of nitrogens with one attached hydrogen (secondary N) is 1. The van der Waals surface area contributed by atoms with E-state index >= 15 is 0 Å². The van der Waals surface area contributed by atoms with Gasteiger partial charge in [0.05, 0.1) is 0 Å². The van der Waals surface area contributed by atoms with Gasteiger partial charge in [0, 0.05) is 20.8 Å². The first-order chi connectivity index (χ1) is 9.69. The molecular formula is C16H17BrFNS. The van der Waals surface area contributed by atoms with Crippen LogP contribution < -0.4 is 5.32 Å². The summed E-state index contributed by atoms with van der Waals surface area (Å²) in [5.41, 5.74) is 1.01. The van der Waals surface area contributed by atoms with Crippen LogP contribution in [0.5, 0.6) is 0 Å². The van der Waals surface area contributed by atoms with Gasteiger partial charge in [-0.2, -0.15) is 0 Å². The Morgan fingerprint density at radius 1 is 1.15 bits per heavy atom. The highest BCUT2D eigenvalue weighted by atomic mass is 79.9. The molecule has 0 atom stereocenters. The Balaban J connectivity index is 2.15. The lowest BCUT2D eigenvalue weighted by atomic mass is 10.2. The van der Waals surface area contributed by atoms with Gasteiger partial charge in [-0.25, -0.2) is 4.39 Å². The Hall–Kier alpha value is -0.840. The SMILES string of the molecule is CCCNCc1cc(F)ccc1Sc1ccc(Br)cc1. The van der Waals surface area contributed by atoms with Crippen molar-refractivity contribution in [2.45, 2.75) is 29.7 Å². The Morgan fingerprint density at radius 3 is 2.60 bits per heavy atom. The molecule has 0 amide bonds. The molecule has 2 rings (SSSR count). The summed E-state index contributed by atoms with van der Waals surface area (Å²) in [7, 11) is 0. The zero-order chi connectivity index (χ0) is 14.4. The summed E-state index contributed by atoms with van der Waals surface area (Å²) in [4.78, 5) is 2.24. The second-order valence-corrected chi connectivity index (χ2v) is 6.52. The monoisotopic (exact) mass is 353 g/mol. The maximum absolute atomic E-state index is 13.4. The highest BCUT2D eigenvalue weighted by Crippen LogP contribution is 2.31. The predicted octanol–water partition coefficient (Wildman–Crippen LogP) is 5.24. The van der Waals surface area contributed by atoms with Crippen LogP contribution in [-0.4, -0.2) is 6.54 Å². The molecule has 0 spiro atoms. The van der Waals surface area contributed by atoms with Crippen LogP contribution in [0.2, 0.25) is 0 Å². The van der Waals surface area contributed by atoms with E-state index in [0.717, 1.165) is 32.8 Å². The second kappa shape index (κ2) is 7.81. The van der Waals surface area contributed by atoms with Crippen LogP contribution in [0.15, 0.2) is 56.7 Å². The fraction of sp³-hybridized carbons (Fsp3) is 0.250. The lowest BCUT2D eigenvalue weighted by Gasteiger charge is -2.10. The zero-order valence-corrected chi connectivity index (χ0v) is 13.7. The van der Waals surface area contributed by atoms with E-state index in [9.17, 15) is 4.39 Å². The van der Waals surface area contributed by atoms with Crippen LogP contribution >= 0.6 is 27.7 Å². The van der Waals surface area contributed by atoms with E-state index in [2.05, 4.69) is 40.3 Å². The maximum Gasteiger partial charge on any atom is 0.123 e. The van der Waals surface area contributed by atoms with Gasteiger partial charge in [-0.1, -0.05) is 34.6 Å². The quantitative estimate of drug-likeness (QED) is 0.712.